The second kappa shape index (κ2) is 10.1. The van der Waals surface area contributed by atoms with Crippen LogP contribution in [0, 0.1) is 0 Å². The van der Waals surface area contributed by atoms with Crippen molar-refractivity contribution in [2.24, 2.45) is 0 Å². The molecule has 188 valence electrons. The Morgan fingerprint density at radius 1 is 0.763 bits per heavy atom. The summed E-state index contributed by atoms with van der Waals surface area (Å²) in [5.41, 5.74) is 5.47. The number of ketones is 1. The Bertz CT molecular complexity index is 1510. The van der Waals surface area contributed by atoms with Crippen molar-refractivity contribution in [1.29, 1.82) is 0 Å². The molecule has 4 aromatic carbocycles. The molecule has 0 aromatic heterocycles. The van der Waals surface area contributed by atoms with Gasteiger partial charge in [0.05, 0.1) is 6.54 Å². The van der Waals surface area contributed by atoms with E-state index in [0.717, 1.165) is 22.4 Å². The first-order chi connectivity index (χ1) is 18.6. The maximum Gasteiger partial charge on any atom is 0.258 e. The van der Waals surface area contributed by atoms with E-state index in [1.54, 1.807) is 29.2 Å². The summed E-state index contributed by atoms with van der Waals surface area (Å²) < 4.78 is 0. The Morgan fingerprint density at radius 3 is 2.29 bits per heavy atom. The van der Waals surface area contributed by atoms with E-state index in [2.05, 4.69) is 10.2 Å². The molecule has 6 nitrogen and oxygen atoms in total. The minimum absolute atomic E-state index is 0.0158. The number of rotatable bonds is 4. The summed E-state index contributed by atoms with van der Waals surface area (Å²) in [6.45, 7) is 1.56. The fraction of sp³-hybridized carbons (Fsp3) is 0.156. The van der Waals surface area contributed by atoms with Crippen LogP contribution in [0.25, 0.3) is 11.1 Å². The lowest BCUT2D eigenvalue weighted by Gasteiger charge is -2.26. The zero-order valence-corrected chi connectivity index (χ0v) is 20.8. The molecule has 2 amide bonds. The quantitative estimate of drug-likeness (QED) is 0.406. The van der Waals surface area contributed by atoms with E-state index in [1.807, 2.05) is 78.9 Å². The van der Waals surface area contributed by atoms with Crippen molar-refractivity contribution in [2.45, 2.75) is 19.0 Å². The van der Waals surface area contributed by atoms with Crippen LogP contribution in [-0.2, 0) is 11.3 Å². The van der Waals surface area contributed by atoms with Crippen molar-refractivity contribution in [3.8, 4) is 11.1 Å². The van der Waals surface area contributed by atoms with Gasteiger partial charge in [-0.2, -0.15) is 0 Å². The summed E-state index contributed by atoms with van der Waals surface area (Å²) in [5, 5.41) is 2.97. The van der Waals surface area contributed by atoms with Crippen LogP contribution in [-0.4, -0.2) is 41.6 Å². The number of hydrogen-bond donors (Lipinski definition) is 1. The molecule has 0 bridgehead atoms. The fourth-order valence-electron chi connectivity index (χ4n) is 5.41. The van der Waals surface area contributed by atoms with Crippen LogP contribution < -0.4 is 10.2 Å². The molecule has 2 heterocycles. The highest BCUT2D eigenvalue weighted by Crippen LogP contribution is 2.32. The van der Waals surface area contributed by atoms with Gasteiger partial charge in [-0.3, -0.25) is 19.3 Å². The van der Waals surface area contributed by atoms with E-state index in [-0.39, 0.29) is 23.6 Å². The van der Waals surface area contributed by atoms with Crippen LogP contribution in [0.2, 0.25) is 0 Å². The molecular weight excluding hydrogens is 474 g/mol. The number of carbonyl (C=O) groups is 3. The van der Waals surface area contributed by atoms with Crippen LogP contribution in [0.1, 0.15) is 32.7 Å². The van der Waals surface area contributed by atoms with Gasteiger partial charge in [0, 0.05) is 48.1 Å². The van der Waals surface area contributed by atoms with Crippen LogP contribution in [0.3, 0.4) is 0 Å². The third-order valence-electron chi connectivity index (χ3n) is 7.30. The number of fused-ring (bicyclic) bond motifs is 2. The first kappa shape index (κ1) is 23.8. The van der Waals surface area contributed by atoms with Crippen LogP contribution >= 0.6 is 0 Å². The molecule has 0 saturated carbocycles. The number of amides is 2. The summed E-state index contributed by atoms with van der Waals surface area (Å²) in [7, 11) is 0. The van der Waals surface area contributed by atoms with Crippen molar-refractivity contribution in [3.05, 3.63) is 120 Å². The second-order valence-electron chi connectivity index (χ2n) is 9.79. The fourth-order valence-corrected chi connectivity index (χ4v) is 5.41. The van der Waals surface area contributed by atoms with Gasteiger partial charge in [-0.25, -0.2) is 0 Å². The van der Waals surface area contributed by atoms with Crippen molar-refractivity contribution in [1.82, 2.24) is 4.90 Å². The molecule has 1 N–H and O–H groups in total. The highest BCUT2D eigenvalue weighted by molar-refractivity contribution is 6.10. The Labute approximate surface area is 221 Å². The standard InChI is InChI=1S/C32H27N3O3/c36-27-18-26-20-35(30-13-7-4-10-24(30)19-34(26)21-27)32(38)23-14-16-25(17-15-23)33-31(37)29-12-6-5-11-28(29)22-8-2-1-3-9-22/h1-17,26H,18-21H2,(H,33,37)/t26-/m1/s1. The number of nitrogens with zero attached hydrogens (tertiary/aromatic N) is 2. The molecule has 2 aliphatic heterocycles. The van der Waals surface area contributed by atoms with E-state index in [4.69, 9.17) is 0 Å². The summed E-state index contributed by atoms with van der Waals surface area (Å²) in [6.07, 6.45) is 0.465. The lowest BCUT2D eigenvalue weighted by atomic mass is 9.99. The second-order valence-corrected chi connectivity index (χ2v) is 9.79. The van der Waals surface area contributed by atoms with Crippen LogP contribution in [0.5, 0.6) is 0 Å². The number of para-hydroxylation sites is 1. The predicted octanol–water partition coefficient (Wildman–Crippen LogP) is 5.41. The van der Waals surface area contributed by atoms with Gasteiger partial charge in [0.2, 0.25) is 0 Å². The molecule has 1 fully saturated rings. The average molecular weight is 502 g/mol. The van der Waals surface area contributed by atoms with Gasteiger partial charge in [-0.05, 0) is 53.1 Å². The van der Waals surface area contributed by atoms with Crippen LogP contribution in [0.4, 0.5) is 11.4 Å². The molecule has 38 heavy (non-hydrogen) atoms. The van der Waals surface area contributed by atoms with Gasteiger partial charge >= 0.3 is 0 Å². The Balaban J connectivity index is 1.22. The Morgan fingerprint density at radius 2 is 1.47 bits per heavy atom. The highest BCUT2D eigenvalue weighted by atomic mass is 16.2. The van der Waals surface area contributed by atoms with E-state index in [0.29, 0.717) is 42.9 Å². The molecule has 6 heteroatoms. The van der Waals surface area contributed by atoms with E-state index >= 15 is 0 Å². The van der Waals surface area contributed by atoms with E-state index in [1.165, 1.54) is 0 Å². The van der Waals surface area contributed by atoms with Gasteiger partial charge in [0.1, 0.15) is 5.78 Å². The molecule has 1 saturated heterocycles. The molecule has 0 radical (unpaired) electrons. The number of benzene rings is 4. The number of nitrogens with one attached hydrogen (secondary N) is 1. The number of Topliss-reactive ketones (excluding diaryl/α,β-unsaturated/α-hetero) is 1. The molecule has 2 aliphatic rings. The summed E-state index contributed by atoms with van der Waals surface area (Å²) in [5.74, 6) is -0.113. The number of carbonyl (C=O) groups excluding carboxylic acids is 3. The average Bonchev–Trinajstić information content (AvgIpc) is 3.23. The SMILES string of the molecule is O=C1C[C@@H]2CN(C(=O)c3ccc(NC(=O)c4ccccc4-c4ccccc4)cc3)c3ccccc3CN2C1. The third-order valence-corrected chi connectivity index (χ3v) is 7.30. The zero-order valence-electron chi connectivity index (χ0n) is 20.8. The number of anilines is 2. The largest absolute Gasteiger partial charge is 0.322 e. The molecule has 0 aliphatic carbocycles. The monoisotopic (exact) mass is 501 g/mol. The van der Waals surface area contributed by atoms with Gasteiger partial charge in [0.25, 0.3) is 11.8 Å². The summed E-state index contributed by atoms with van der Waals surface area (Å²) in [4.78, 5) is 42.9. The first-order valence-corrected chi connectivity index (χ1v) is 12.8. The van der Waals surface area contributed by atoms with E-state index in [9.17, 15) is 14.4 Å². The molecule has 0 unspecified atom stereocenters. The van der Waals surface area contributed by atoms with Crippen molar-refractivity contribution < 1.29 is 14.4 Å². The van der Waals surface area contributed by atoms with E-state index < -0.39 is 0 Å². The first-order valence-electron chi connectivity index (χ1n) is 12.8. The minimum atomic E-state index is -0.212. The third kappa shape index (κ3) is 4.62. The molecular formula is C32H27N3O3. The van der Waals surface area contributed by atoms with Crippen LogP contribution in [0.15, 0.2) is 103 Å². The zero-order chi connectivity index (χ0) is 26.1. The number of hydrogen-bond acceptors (Lipinski definition) is 4. The Kier molecular flexibility index (Phi) is 6.32. The highest BCUT2D eigenvalue weighted by Gasteiger charge is 2.37. The molecule has 4 aromatic rings. The Hall–Kier alpha value is -4.55. The summed E-state index contributed by atoms with van der Waals surface area (Å²) in [6, 6.07) is 32.2. The minimum Gasteiger partial charge on any atom is -0.322 e. The van der Waals surface area contributed by atoms with Gasteiger partial charge in [-0.1, -0.05) is 66.7 Å². The lowest BCUT2D eigenvalue weighted by Crippen LogP contribution is -2.40. The smallest absolute Gasteiger partial charge is 0.258 e. The predicted molar refractivity (Wildman–Crippen MR) is 148 cm³/mol. The normalized spacial score (nSPS) is 16.9. The maximum atomic E-state index is 13.7. The molecule has 1 atom stereocenters. The van der Waals surface area contributed by atoms with Crippen molar-refractivity contribution in [2.75, 3.05) is 23.3 Å². The summed E-state index contributed by atoms with van der Waals surface area (Å²) >= 11 is 0. The maximum absolute atomic E-state index is 13.7. The molecule has 6 rings (SSSR count). The lowest BCUT2D eigenvalue weighted by molar-refractivity contribution is -0.117. The van der Waals surface area contributed by atoms with Crippen molar-refractivity contribution in [3.63, 3.8) is 0 Å². The van der Waals surface area contributed by atoms with Crippen molar-refractivity contribution >= 4 is 29.0 Å². The molecule has 0 spiro atoms. The van der Waals surface area contributed by atoms with Gasteiger partial charge in [-0.15, -0.1) is 0 Å². The van der Waals surface area contributed by atoms with Gasteiger partial charge in [0.15, 0.2) is 0 Å². The van der Waals surface area contributed by atoms with Gasteiger partial charge < -0.3 is 10.2 Å². The topological polar surface area (TPSA) is 69.7 Å².